The van der Waals surface area contributed by atoms with Crippen LogP contribution in [0.2, 0.25) is 5.02 Å². The lowest BCUT2D eigenvalue weighted by Crippen LogP contribution is -2.54. The van der Waals surface area contributed by atoms with E-state index >= 15 is 0 Å². The Hall–Kier alpha value is -2.69. The van der Waals surface area contributed by atoms with Gasteiger partial charge in [0.05, 0.1) is 29.9 Å². The fourth-order valence-electron chi connectivity index (χ4n) is 2.92. The number of hydrogen-bond donors (Lipinski definition) is 3. The van der Waals surface area contributed by atoms with Crippen LogP contribution in [0.5, 0.6) is 11.5 Å². The van der Waals surface area contributed by atoms with Crippen LogP contribution < -0.4 is 9.47 Å². The number of hydrogen-bond acceptors (Lipinski definition) is 9. The summed E-state index contributed by atoms with van der Waals surface area (Å²) in [6, 6.07) is 10.8. The van der Waals surface area contributed by atoms with Gasteiger partial charge in [0, 0.05) is 0 Å². The summed E-state index contributed by atoms with van der Waals surface area (Å²) in [5, 5.41) is 29.0. The lowest BCUT2D eigenvalue weighted by atomic mass is 10.0. The van der Waals surface area contributed by atoms with Gasteiger partial charge in [-0.3, -0.25) is 0 Å². The second-order valence-electron chi connectivity index (χ2n) is 6.76. The zero-order chi connectivity index (χ0) is 22.5. The molecule has 0 radical (unpaired) electrons. The van der Waals surface area contributed by atoms with Gasteiger partial charge in [0.2, 0.25) is 0 Å². The second kappa shape index (κ2) is 10.1. The minimum absolute atomic E-state index is 0.00671. The fraction of sp³-hybridized carbons (Fsp3) is 0.333. The van der Waals surface area contributed by atoms with Gasteiger partial charge in [-0.25, -0.2) is 9.59 Å². The lowest BCUT2D eigenvalue weighted by Gasteiger charge is -2.34. The molecule has 0 saturated carbocycles. The molecule has 0 bridgehead atoms. The van der Waals surface area contributed by atoms with Crippen LogP contribution in [-0.2, 0) is 9.47 Å². The van der Waals surface area contributed by atoms with E-state index in [1.54, 1.807) is 30.3 Å². The first-order valence-corrected chi connectivity index (χ1v) is 9.67. The van der Waals surface area contributed by atoms with Gasteiger partial charge < -0.3 is 34.3 Å². The average molecular weight is 453 g/mol. The first-order chi connectivity index (χ1) is 14.8. The molecule has 0 amide bonds. The van der Waals surface area contributed by atoms with Crippen molar-refractivity contribution in [3.63, 3.8) is 0 Å². The molecule has 0 aliphatic carbocycles. The number of methoxy groups -OCH3 is 1. The molecule has 3 N–H and O–H groups in total. The summed E-state index contributed by atoms with van der Waals surface area (Å²) in [7, 11) is 1.32. The second-order valence-corrected chi connectivity index (χ2v) is 7.17. The molecule has 10 heteroatoms. The lowest BCUT2D eigenvalue weighted by molar-refractivity contribution is -0.195. The van der Waals surface area contributed by atoms with E-state index < -0.39 is 36.4 Å². The minimum atomic E-state index is -1.42. The molecule has 4 atom stereocenters. The van der Waals surface area contributed by atoms with E-state index in [0.717, 1.165) is 0 Å². The number of esters is 2. The molecule has 1 aliphatic rings. The van der Waals surface area contributed by atoms with Gasteiger partial charge >= 0.3 is 11.9 Å². The van der Waals surface area contributed by atoms with Gasteiger partial charge in [-0.2, -0.15) is 0 Å². The molecule has 1 heterocycles. The van der Waals surface area contributed by atoms with Crippen molar-refractivity contribution in [3.05, 3.63) is 58.6 Å². The number of aliphatic hydroxyl groups excluding tert-OH is 3. The van der Waals surface area contributed by atoms with Crippen LogP contribution in [0, 0.1) is 0 Å². The number of carbonyl (C=O) groups is 2. The maximum atomic E-state index is 12.4. The predicted octanol–water partition coefficient (Wildman–Crippen LogP) is 1.21. The van der Waals surface area contributed by atoms with Gasteiger partial charge in [0.1, 0.15) is 31.0 Å². The number of ether oxygens (including phenoxy) is 4. The van der Waals surface area contributed by atoms with Gasteiger partial charge in [0.25, 0.3) is 0 Å². The number of benzene rings is 2. The van der Waals surface area contributed by atoms with E-state index in [2.05, 4.69) is 0 Å². The van der Waals surface area contributed by atoms with Gasteiger partial charge in [0.15, 0.2) is 11.5 Å². The largest absolute Gasteiger partial charge is 0.493 e. The van der Waals surface area contributed by atoms with Crippen LogP contribution in [0.1, 0.15) is 20.7 Å². The number of carbonyl (C=O) groups excluding carboxylic acids is 2. The summed E-state index contributed by atoms with van der Waals surface area (Å²) in [4.78, 5) is 24.7. The van der Waals surface area contributed by atoms with E-state index in [1.807, 2.05) is 0 Å². The summed E-state index contributed by atoms with van der Waals surface area (Å²) in [6.07, 6.45) is -5.07. The Kier molecular flexibility index (Phi) is 7.47. The maximum Gasteiger partial charge on any atom is 0.343 e. The molecule has 0 spiro atoms. The molecule has 0 aromatic heterocycles. The molecular formula is C21H21ClO9. The maximum absolute atomic E-state index is 12.4. The van der Waals surface area contributed by atoms with Crippen molar-refractivity contribution >= 4 is 23.5 Å². The van der Waals surface area contributed by atoms with Crippen LogP contribution in [0.15, 0.2) is 42.5 Å². The highest BCUT2D eigenvalue weighted by Gasteiger charge is 2.38. The summed E-state index contributed by atoms with van der Waals surface area (Å²) in [5.41, 5.74) is 0.315. The third-order valence-corrected chi connectivity index (χ3v) is 4.93. The van der Waals surface area contributed by atoms with Gasteiger partial charge in [-0.15, -0.1) is 0 Å². The highest BCUT2D eigenvalue weighted by Crippen LogP contribution is 2.37. The molecule has 1 aliphatic heterocycles. The van der Waals surface area contributed by atoms with Crippen LogP contribution in [0.3, 0.4) is 0 Å². The number of rotatable bonds is 6. The van der Waals surface area contributed by atoms with Crippen molar-refractivity contribution in [1.29, 1.82) is 0 Å². The van der Waals surface area contributed by atoms with Crippen molar-refractivity contribution in [2.45, 2.75) is 24.4 Å². The van der Waals surface area contributed by atoms with E-state index in [4.69, 9.17) is 30.5 Å². The summed E-state index contributed by atoms with van der Waals surface area (Å²) >= 11 is 6.21. The molecule has 166 valence electrons. The molecule has 1 saturated heterocycles. The predicted molar refractivity (Wildman–Crippen MR) is 107 cm³/mol. The summed E-state index contributed by atoms with van der Waals surface area (Å²) < 4.78 is 20.8. The summed E-state index contributed by atoms with van der Waals surface area (Å²) in [6.45, 7) is -0.573. The third-order valence-electron chi connectivity index (χ3n) is 4.65. The van der Waals surface area contributed by atoms with Crippen LogP contribution in [0.4, 0.5) is 0 Å². The Morgan fingerprint density at radius 2 is 1.77 bits per heavy atom. The Labute approximate surface area is 182 Å². The Bertz CT molecular complexity index is 934. The Morgan fingerprint density at radius 1 is 1.06 bits per heavy atom. The smallest absolute Gasteiger partial charge is 0.343 e. The van der Waals surface area contributed by atoms with Crippen molar-refractivity contribution in [2.24, 2.45) is 0 Å². The molecule has 2 aromatic carbocycles. The van der Waals surface area contributed by atoms with E-state index in [0.29, 0.717) is 5.56 Å². The molecule has 3 rings (SSSR count). The first-order valence-electron chi connectivity index (χ1n) is 9.29. The van der Waals surface area contributed by atoms with Crippen molar-refractivity contribution in [2.75, 3.05) is 20.3 Å². The average Bonchev–Trinajstić information content (AvgIpc) is 2.78. The van der Waals surface area contributed by atoms with Crippen molar-refractivity contribution in [3.8, 4) is 11.5 Å². The van der Waals surface area contributed by atoms with E-state index in [-0.39, 0.29) is 35.3 Å². The fourth-order valence-corrected chi connectivity index (χ4v) is 3.17. The molecular weight excluding hydrogens is 432 g/mol. The SMILES string of the molecule is COc1cc(C(=O)OC[C@H]2OC[C@H](O)[C@@H](O)[C@H]2O)cc(Cl)c1OC(=O)c1ccccc1. The topological polar surface area (TPSA) is 132 Å². The molecule has 1 fully saturated rings. The minimum Gasteiger partial charge on any atom is -0.493 e. The standard InChI is InChI=1S/C21H21ClO9/c1-28-15-8-12(20(26)30-10-16-18(25)17(24)14(23)9-29-16)7-13(22)19(15)31-21(27)11-5-3-2-4-6-11/h2-8,14,16-18,23-25H,9-10H2,1H3/t14-,16+,17+,18-/m0/s1. The molecule has 9 nitrogen and oxygen atoms in total. The molecule has 2 aromatic rings. The zero-order valence-electron chi connectivity index (χ0n) is 16.4. The quantitative estimate of drug-likeness (QED) is 0.437. The Balaban J connectivity index is 1.70. The summed E-state index contributed by atoms with van der Waals surface area (Å²) in [5.74, 6) is -1.48. The molecule has 0 unspecified atom stereocenters. The highest BCUT2D eigenvalue weighted by atomic mass is 35.5. The number of halogens is 1. The van der Waals surface area contributed by atoms with Crippen molar-refractivity contribution < 1.29 is 43.9 Å². The first kappa shape index (κ1) is 23.0. The van der Waals surface area contributed by atoms with Gasteiger partial charge in [-0.1, -0.05) is 29.8 Å². The van der Waals surface area contributed by atoms with Crippen LogP contribution in [-0.4, -0.2) is 72.0 Å². The number of aliphatic hydroxyl groups is 3. The highest BCUT2D eigenvalue weighted by molar-refractivity contribution is 6.32. The van der Waals surface area contributed by atoms with Crippen LogP contribution in [0.25, 0.3) is 0 Å². The normalized spacial score (nSPS) is 23.1. The van der Waals surface area contributed by atoms with E-state index in [1.165, 1.54) is 19.2 Å². The van der Waals surface area contributed by atoms with Crippen LogP contribution >= 0.6 is 11.6 Å². The third kappa shape index (κ3) is 5.33. The van der Waals surface area contributed by atoms with E-state index in [9.17, 15) is 24.9 Å². The monoisotopic (exact) mass is 452 g/mol. The van der Waals surface area contributed by atoms with Gasteiger partial charge in [-0.05, 0) is 24.3 Å². The Morgan fingerprint density at radius 3 is 2.45 bits per heavy atom. The van der Waals surface area contributed by atoms with Crippen molar-refractivity contribution in [1.82, 2.24) is 0 Å². The zero-order valence-corrected chi connectivity index (χ0v) is 17.2. The molecule has 31 heavy (non-hydrogen) atoms.